The van der Waals surface area contributed by atoms with Crippen LogP contribution in [0.4, 0.5) is 5.69 Å². The summed E-state index contributed by atoms with van der Waals surface area (Å²) in [6.07, 6.45) is 9.00. The van der Waals surface area contributed by atoms with Crippen molar-refractivity contribution in [3.8, 4) is 0 Å². The van der Waals surface area contributed by atoms with Gasteiger partial charge in [0.2, 0.25) is 5.91 Å². The number of amides is 1. The van der Waals surface area contributed by atoms with Crippen LogP contribution in [-0.2, 0) is 11.2 Å². The number of aliphatic hydroxyl groups is 1. The first-order valence-corrected chi connectivity index (χ1v) is 9.02. The summed E-state index contributed by atoms with van der Waals surface area (Å²) in [5.41, 5.74) is 2.11. The lowest BCUT2D eigenvalue weighted by atomic mass is 10.0. The number of hydrogen-bond acceptors (Lipinski definition) is 3. The molecule has 0 bridgehead atoms. The summed E-state index contributed by atoms with van der Waals surface area (Å²) in [5, 5.41) is 15.6. The molecule has 1 aliphatic heterocycles. The largest absolute Gasteiger partial charge is 0.391 e. The highest BCUT2D eigenvalue weighted by molar-refractivity contribution is 5.95. The minimum Gasteiger partial charge on any atom is -0.391 e. The molecule has 1 aliphatic rings. The molecule has 1 aromatic carbocycles. The second kappa shape index (κ2) is 9.68. The normalized spacial score (nSPS) is 20.6. The number of carbonyl (C=O) groups is 1. The van der Waals surface area contributed by atoms with Gasteiger partial charge >= 0.3 is 0 Å². The lowest BCUT2D eigenvalue weighted by Gasteiger charge is -2.14. The molecule has 2 atom stereocenters. The molecule has 0 unspecified atom stereocenters. The molecule has 0 spiro atoms. The first kappa shape index (κ1) is 18.0. The molecule has 3 N–H and O–H groups in total. The van der Waals surface area contributed by atoms with Crippen LogP contribution in [-0.4, -0.2) is 29.7 Å². The van der Waals surface area contributed by atoms with Crippen molar-refractivity contribution in [2.75, 3.05) is 11.9 Å². The molecule has 1 saturated heterocycles. The highest BCUT2D eigenvalue weighted by atomic mass is 16.3. The summed E-state index contributed by atoms with van der Waals surface area (Å²) >= 11 is 0. The van der Waals surface area contributed by atoms with Gasteiger partial charge in [0.1, 0.15) is 6.04 Å². The van der Waals surface area contributed by atoms with Gasteiger partial charge in [-0.3, -0.25) is 4.79 Å². The Morgan fingerprint density at radius 3 is 2.52 bits per heavy atom. The summed E-state index contributed by atoms with van der Waals surface area (Å²) in [4.78, 5) is 12.1. The Morgan fingerprint density at radius 2 is 1.87 bits per heavy atom. The number of aliphatic hydroxyl groups excluding tert-OH is 1. The van der Waals surface area contributed by atoms with Gasteiger partial charge in [-0.2, -0.15) is 0 Å². The smallest absolute Gasteiger partial charge is 0.244 e. The zero-order valence-corrected chi connectivity index (χ0v) is 14.2. The summed E-state index contributed by atoms with van der Waals surface area (Å²) in [6, 6.07) is 7.58. The molecule has 0 radical (unpaired) electrons. The van der Waals surface area contributed by atoms with Crippen LogP contribution in [0, 0.1) is 0 Å². The standard InChI is InChI=1S/C19H30N2O2/c1-2-3-4-5-6-7-8-15-9-11-16(12-10-15)21-19(23)18-17(22)13-14-20-18/h9-12,17-18,20,22H,2-8,13-14H2,1H3,(H,21,23)/t17-,18+/m1/s1. The van der Waals surface area contributed by atoms with E-state index in [-0.39, 0.29) is 5.91 Å². The zero-order valence-electron chi connectivity index (χ0n) is 14.2. The first-order chi connectivity index (χ1) is 11.2. The van der Waals surface area contributed by atoms with Crippen LogP contribution in [0.2, 0.25) is 0 Å². The average Bonchev–Trinajstić information content (AvgIpc) is 2.98. The predicted octanol–water partition coefficient (Wildman–Crippen LogP) is 3.25. The highest BCUT2D eigenvalue weighted by Gasteiger charge is 2.30. The molecule has 0 aromatic heterocycles. The molecule has 1 heterocycles. The predicted molar refractivity (Wildman–Crippen MR) is 94.6 cm³/mol. The van der Waals surface area contributed by atoms with Crippen LogP contribution in [0.3, 0.4) is 0 Å². The van der Waals surface area contributed by atoms with E-state index in [1.54, 1.807) is 0 Å². The van der Waals surface area contributed by atoms with Crippen molar-refractivity contribution in [1.82, 2.24) is 5.32 Å². The zero-order chi connectivity index (χ0) is 16.5. The second-order valence-electron chi connectivity index (χ2n) is 6.49. The molecule has 0 saturated carbocycles. The third kappa shape index (κ3) is 5.96. The molecule has 23 heavy (non-hydrogen) atoms. The van der Waals surface area contributed by atoms with Gasteiger partial charge in [0.05, 0.1) is 6.10 Å². The maximum absolute atomic E-state index is 12.1. The summed E-state index contributed by atoms with van der Waals surface area (Å²) in [7, 11) is 0. The molecular formula is C19H30N2O2. The minimum atomic E-state index is -0.581. The van der Waals surface area contributed by atoms with Gasteiger partial charge in [0, 0.05) is 5.69 Å². The van der Waals surface area contributed by atoms with Crippen molar-refractivity contribution in [2.45, 2.75) is 70.4 Å². The van der Waals surface area contributed by atoms with Crippen molar-refractivity contribution < 1.29 is 9.90 Å². The number of rotatable bonds is 9. The van der Waals surface area contributed by atoms with Crippen molar-refractivity contribution in [3.63, 3.8) is 0 Å². The van der Waals surface area contributed by atoms with Gasteiger partial charge in [0.15, 0.2) is 0 Å². The number of aryl methyl sites for hydroxylation is 1. The number of carbonyl (C=O) groups excluding carboxylic acids is 1. The third-order valence-corrected chi connectivity index (χ3v) is 4.51. The molecule has 1 fully saturated rings. The summed E-state index contributed by atoms with van der Waals surface area (Å²) in [6.45, 7) is 2.93. The Balaban J connectivity index is 1.70. The fraction of sp³-hybridized carbons (Fsp3) is 0.632. The van der Waals surface area contributed by atoms with Crippen LogP contribution in [0.1, 0.15) is 57.4 Å². The fourth-order valence-electron chi connectivity index (χ4n) is 3.04. The van der Waals surface area contributed by atoms with Crippen LogP contribution >= 0.6 is 0 Å². The monoisotopic (exact) mass is 318 g/mol. The van der Waals surface area contributed by atoms with Gasteiger partial charge in [-0.25, -0.2) is 0 Å². The van der Waals surface area contributed by atoms with Crippen molar-refractivity contribution >= 4 is 11.6 Å². The van der Waals surface area contributed by atoms with E-state index in [4.69, 9.17) is 0 Å². The molecule has 1 amide bonds. The number of anilines is 1. The lowest BCUT2D eigenvalue weighted by molar-refractivity contribution is -0.119. The van der Waals surface area contributed by atoms with Gasteiger partial charge in [0.25, 0.3) is 0 Å². The number of unbranched alkanes of at least 4 members (excludes halogenated alkanes) is 5. The SMILES string of the molecule is CCCCCCCCc1ccc(NC(=O)[C@H]2NCC[C@H]2O)cc1. The molecular weight excluding hydrogens is 288 g/mol. The van der Waals surface area contributed by atoms with E-state index in [9.17, 15) is 9.90 Å². The summed E-state index contributed by atoms with van der Waals surface area (Å²) < 4.78 is 0. The van der Waals surface area contributed by atoms with Gasteiger partial charge in [-0.1, -0.05) is 51.2 Å². The Bertz CT molecular complexity index is 473. The van der Waals surface area contributed by atoms with E-state index in [1.165, 1.54) is 44.1 Å². The van der Waals surface area contributed by atoms with Crippen LogP contribution in [0.5, 0.6) is 0 Å². The van der Waals surface area contributed by atoms with Crippen LogP contribution < -0.4 is 10.6 Å². The van der Waals surface area contributed by atoms with Crippen molar-refractivity contribution in [2.24, 2.45) is 0 Å². The van der Waals surface area contributed by atoms with Gasteiger partial charge in [-0.05, 0) is 43.5 Å². The Labute approximate surface area is 139 Å². The Hall–Kier alpha value is -1.39. The molecule has 0 aliphatic carbocycles. The lowest BCUT2D eigenvalue weighted by Crippen LogP contribution is -2.42. The van der Waals surface area contributed by atoms with E-state index in [0.717, 1.165) is 12.1 Å². The Kier molecular flexibility index (Phi) is 7.56. The van der Waals surface area contributed by atoms with Crippen LogP contribution in [0.15, 0.2) is 24.3 Å². The minimum absolute atomic E-state index is 0.154. The highest BCUT2D eigenvalue weighted by Crippen LogP contribution is 2.15. The molecule has 4 nitrogen and oxygen atoms in total. The number of nitrogens with one attached hydrogen (secondary N) is 2. The molecule has 2 rings (SSSR count). The van der Waals surface area contributed by atoms with Crippen LogP contribution in [0.25, 0.3) is 0 Å². The van der Waals surface area contributed by atoms with Gasteiger partial charge in [-0.15, -0.1) is 0 Å². The molecule has 128 valence electrons. The van der Waals surface area contributed by atoms with Gasteiger partial charge < -0.3 is 15.7 Å². The first-order valence-electron chi connectivity index (χ1n) is 9.02. The topological polar surface area (TPSA) is 61.4 Å². The maximum atomic E-state index is 12.1. The van der Waals surface area contributed by atoms with E-state index in [1.807, 2.05) is 12.1 Å². The number of benzene rings is 1. The fourth-order valence-corrected chi connectivity index (χ4v) is 3.04. The Morgan fingerprint density at radius 1 is 1.17 bits per heavy atom. The van der Waals surface area contributed by atoms with Crippen molar-refractivity contribution in [1.29, 1.82) is 0 Å². The van der Waals surface area contributed by atoms with Crippen molar-refractivity contribution in [3.05, 3.63) is 29.8 Å². The second-order valence-corrected chi connectivity index (χ2v) is 6.49. The summed E-state index contributed by atoms with van der Waals surface area (Å²) in [5.74, 6) is -0.154. The average molecular weight is 318 g/mol. The maximum Gasteiger partial charge on any atom is 0.244 e. The third-order valence-electron chi connectivity index (χ3n) is 4.51. The van der Waals surface area contributed by atoms with E-state index in [0.29, 0.717) is 13.0 Å². The quantitative estimate of drug-likeness (QED) is 0.613. The molecule has 1 aromatic rings. The van der Waals surface area contributed by atoms with E-state index >= 15 is 0 Å². The number of hydrogen-bond donors (Lipinski definition) is 3. The van der Waals surface area contributed by atoms with E-state index < -0.39 is 12.1 Å². The van der Waals surface area contributed by atoms with E-state index in [2.05, 4.69) is 29.7 Å². The molecule has 4 heteroatoms.